The monoisotopic (exact) mass is 433 g/mol. The van der Waals surface area contributed by atoms with Crippen molar-refractivity contribution in [2.24, 2.45) is 0 Å². The fourth-order valence-electron chi connectivity index (χ4n) is 3.20. The summed E-state index contributed by atoms with van der Waals surface area (Å²) in [6, 6.07) is 12.3. The van der Waals surface area contributed by atoms with E-state index in [0.717, 1.165) is 39.0 Å². The number of halogens is 2. The number of rotatable bonds is 4. The second-order valence-corrected chi connectivity index (χ2v) is 7.77. The first-order chi connectivity index (χ1) is 15.1. The van der Waals surface area contributed by atoms with E-state index in [9.17, 15) is 13.6 Å². The Bertz CT molecular complexity index is 1410. The predicted molar refractivity (Wildman–Crippen MR) is 115 cm³/mol. The molecule has 0 aliphatic rings. The van der Waals surface area contributed by atoms with Crippen molar-refractivity contribution in [2.75, 3.05) is 5.32 Å². The van der Waals surface area contributed by atoms with E-state index < -0.39 is 17.5 Å². The number of hydrogen-bond donors (Lipinski definition) is 2. The topological polar surface area (TPSA) is 83.6 Å². The van der Waals surface area contributed by atoms with Crippen LogP contribution < -0.4 is 5.32 Å². The van der Waals surface area contributed by atoms with Crippen molar-refractivity contribution in [3.05, 3.63) is 83.8 Å². The van der Waals surface area contributed by atoms with Crippen molar-refractivity contribution < 1.29 is 13.6 Å². The maximum Gasteiger partial charge on any atom is 0.265 e. The van der Waals surface area contributed by atoms with Gasteiger partial charge in [0.05, 0.1) is 32.8 Å². The Balaban J connectivity index is 1.49. The third-order valence-corrected chi connectivity index (χ3v) is 5.80. The van der Waals surface area contributed by atoms with Crippen LogP contribution in [0.1, 0.15) is 9.67 Å². The molecule has 0 saturated heterocycles. The second-order valence-electron chi connectivity index (χ2n) is 6.68. The average molecular weight is 433 g/mol. The number of benzene rings is 2. The quantitative estimate of drug-likeness (QED) is 0.404. The van der Waals surface area contributed by atoms with Crippen molar-refractivity contribution in [3.8, 4) is 21.7 Å². The number of aromatic amines is 1. The molecular weight excluding hydrogens is 420 g/mol. The highest BCUT2D eigenvalue weighted by atomic mass is 32.1. The van der Waals surface area contributed by atoms with E-state index in [1.807, 2.05) is 18.2 Å². The number of anilines is 1. The van der Waals surface area contributed by atoms with Crippen LogP contribution in [-0.2, 0) is 0 Å². The number of carbonyl (C=O) groups excluding carboxylic acids is 1. The lowest BCUT2D eigenvalue weighted by Crippen LogP contribution is -2.11. The second kappa shape index (κ2) is 7.69. The molecule has 152 valence electrons. The van der Waals surface area contributed by atoms with Crippen LogP contribution >= 0.6 is 11.3 Å². The van der Waals surface area contributed by atoms with Crippen molar-refractivity contribution in [3.63, 3.8) is 0 Å². The average Bonchev–Trinajstić information content (AvgIpc) is 3.47. The maximum absolute atomic E-state index is 13.9. The van der Waals surface area contributed by atoms with Gasteiger partial charge in [0.15, 0.2) is 0 Å². The Labute approximate surface area is 178 Å². The fourth-order valence-corrected chi connectivity index (χ4v) is 4.12. The third-order valence-electron chi connectivity index (χ3n) is 4.71. The van der Waals surface area contributed by atoms with Crippen molar-refractivity contribution in [1.82, 2.24) is 20.2 Å². The normalized spacial score (nSPS) is 11.0. The molecule has 2 N–H and O–H groups in total. The van der Waals surface area contributed by atoms with Crippen LogP contribution in [0.3, 0.4) is 0 Å². The Morgan fingerprint density at radius 1 is 1.00 bits per heavy atom. The molecule has 0 fully saturated rings. The molecule has 5 rings (SSSR count). The first kappa shape index (κ1) is 19.0. The summed E-state index contributed by atoms with van der Waals surface area (Å²) < 4.78 is 26.9. The Kier molecular flexibility index (Phi) is 4.72. The van der Waals surface area contributed by atoms with Crippen LogP contribution in [0.2, 0.25) is 0 Å². The van der Waals surface area contributed by atoms with Crippen molar-refractivity contribution >= 4 is 33.8 Å². The van der Waals surface area contributed by atoms with Gasteiger partial charge in [-0.3, -0.25) is 9.89 Å². The minimum atomic E-state index is -0.835. The lowest BCUT2D eigenvalue weighted by Gasteiger charge is -2.06. The van der Waals surface area contributed by atoms with E-state index in [1.54, 1.807) is 24.5 Å². The summed E-state index contributed by atoms with van der Waals surface area (Å²) in [5.41, 5.74) is 3.26. The van der Waals surface area contributed by atoms with Gasteiger partial charge in [-0.05, 0) is 42.0 Å². The number of amides is 1. The van der Waals surface area contributed by atoms with Gasteiger partial charge < -0.3 is 5.32 Å². The predicted octanol–water partition coefficient (Wildman–Crippen LogP) is 5.28. The van der Waals surface area contributed by atoms with Gasteiger partial charge in [0.25, 0.3) is 5.91 Å². The van der Waals surface area contributed by atoms with Crippen LogP contribution in [0.25, 0.3) is 32.6 Å². The molecule has 1 amide bonds. The number of fused-ring (bicyclic) bond motifs is 1. The van der Waals surface area contributed by atoms with E-state index in [2.05, 4.69) is 25.5 Å². The molecule has 3 aromatic heterocycles. The highest BCUT2D eigenvalue weighted by Crippen LogP contribution is 2.33. The molecule has 5 aromatic rings. The summed E-state index contributed by atoms with van der Waals surface area (Å²) in [7, 11) is 0. The maximum atomic E-state index is 13.9. The SMILES string of the molecule is O=C(Nc1ccc(F)cc1F)c1ccc(-c2ncnc3ccc(-c4cn[nH]c4)cc23)s1. The molecule has 3 heterocycles. The van der Waals surface area contributed by atoms with E-state index in [1.165, 1.54) is 23.7 Å². The van der Waals surface area contributed by atoms with Gasteiger partial charge in [0.2, 0.25) is 0 Å². The molecule has 0 bridgehead atoms. The zero-order valence-corrected chi connectivity index (χ0v) is 16.6. The zero-order valence-electron chi connectivity index (χ0n) is 15.8. The Morgan fingerprint density at radius 2 is 1.90 bits per heavy atom. The summed E-state index contributed by atoms with van der Waals surface area (Å²) in [4.78, 5) is 22.4. The molecule has 0 radical (unpaired) electrons. The number of H-pyrrole nitrogens is 1. The van der Waals surface area contributed by atoms with Crippen molar-refractivity contribution in [1.29, 1.82) is 0 Å². The summed E-state index contributed by atoms with van der Waals surface area (Å²) in [5, 5.41) is 10.1. The van der Waals surface area contributed by atoms with Crippen LogP contribution in [0.15, 0.2) is 67.3 Å². The molecular formula is C22H13F2N5OS. The van der Waals surface area contributed by atoms with Crippen LogP contribution in [0, 0.1) is 11.6 Å². The number of carbonyl (C=O) groups is 1. The highest BCUT2D eigenvalue weighted by Gasteiger charge is 2.16. The molecule has 9 heteroatoms. The molecule has 0 spiro atoms. The molecule has 2 aromatic carbocycles. The smallest absolute Gasteiger partial charge is 0.265 e. The van der Waals surface area contributed by atoms with Gasteiger partial charge >= 0.3 is 0 Å². The molecule has 0 atom stereocenters. The third kappa shape index (κ3) is 3.66. The summed E-state index contributed by atoms with van der Waals surface area (Å²) >= 11 is 1.22. The number of thiophene rings is 1. The largest absolute Gasteiger partial charge is 0.319 e. The fraction of sp³-hybridized carbons (Fsp3) is 0. The number of hydrogen-bond acceptors (Lipinski definition) is 5. The van der Waals surface area contributed by atoms with Gasteiger partial charge in [0, 0.05) is 23.2 Å². The molecule has 0 aliphatic heterocycles. The number of aromatic nitrogens is 4. The van der Waals surface area contributed by atoms with E-state index in [-0.39, 0.29) is 5.69 Å². The number of nitrogens with zero attached hydrogens (tertiary/aromatic N) is 3. The molecule has 0 unspecified atom stereocenters. The highest BCUT2D eigenvalue weighted by molar-refractivity contribution is 7.17. The zero-order chi connectivity index (χ0) is 21.4. The Hall–Kier alpha value is -3.98. The van der Waals surface area contributed by atoms with Crippen LogP contribution in [0.4, 0.5) is 14.5 Å². The van der Waals surface area contributed by atoms with E-state index in [4.69, 9.17) is 0 Å². The van der Waals surface area contributed by atoms with E-state index in [0.29, 0.717) is 10.6 Å². The van der Waals surface area contributed by atoms with Gasteiger partial charge in [0.1, 0.15) is 18.0 Å². The number of nitrogens with one attached hydrogen (secondary N) is 2. The lowest BCUT2D eigenvalue weighted by molar-refractivity contribution is 0.103. The van der Waals surface area contributed by atoms with Crippen LogP contribution in [-0.4, -0.2) is 26.1 Å². The van der Waals surface area contributed by atoms with Gasteiger partial charge in [-0.25, -0.2) is 18.7 Å². The molecule has 6 nitrogen and oxygen atoms in total. The minimum Gasteiger partial charge on any atom is -0.319 e. The van der Waals surface area contributed by atoms with Gasteiger partial charge in [-0.15, -0.1) is 11.3 Å². The summed E-state index contributed by atoms with van der Waals surface area (Å²) in [6.07, 6.45) is 5.00. The lowest BCUT2D eigenvalue weighted by atomic mass is 10.0. The molecule has 0 saturated carbocycles. The van der Waals surface area contributed by atoms with Gasteiger partial charge in [-0.2, -0.15) is 5.10 Å². The van der Waals surface area contributed by atoms with Crippen molar-refractivity contribution in [2.45, 2.75) is 0 Å². The first-order valence-corrected chi connectivity index (χ1v) is 10.0. The van der Waals surface area contributed by atoms with E-state index >= 15 is 0 Å². The molecule has 0 aliphatic carbocycles. The molecule has 31 heavy (non-hydrogen) atoms. The first-order valence-electron chi connectivity index (χ1n) is 9.19. The van der Waals surface area contributed by atoms with Gasteiger partial charge in [-0.1, -0.05) is 6.07 Å². The standard InChI is InChI=1S/C22H13F2N5OS/c23-14-2-4-18(16(24)8-14)29-22(30)20-6-5-19(31-20)21-15-7-12(13-9-27-28-10-13)1-3-17(15)25-11-26-21/h1-11H,(H,27,28)(H,29,30). The van der Waals surface area contributed by atoms with Crippen LogP contribution in [0.5, 0.6) is 0 Å². The summed E-state index contributed by atoms with van der Waals surface area (Å²) in [5.74, 6) is -2.03. The Morgan fingerprint density at radius 3 is 2.71 bits per heavy atom. The summed E-state index contributed by atoms with van der Waals surface area (Å²) in [6.45, 7) is 0. The minimum absolute atomic E-state index is 0.0846.